The Morgan fingerprint density at radius 1 is 1.07 bits per heavy atom. The molecule has 2 saturated heterocycles. The van der Waals surface area contributed by atoms with E-state index in [1.165, 1.54) is 19.3 Å². The highest BCUT2D eigenvalue weighted by atomic mass is 16.2. The summed E-state index contributed by atoms with van der Waals surface area (Å²) in [5.41, 5.74) is 1.46. The van der Waals surface area contributed by atoms with E-state index in [2.05, 4.69) is 16.0 Å². The number of carbonyl (C=O) groups is 4. The molecule has 2 bridgehead atoms. The molecule has 4 aliphatic rings. The summed E-state index contributed by atoms with van der Waals surface area (Å²) in [5.74, 6) is -1.15. The van der Waals surface area contributed by atoms with Gasteiger partial charge in [-0.1, -0.05) is 12.1 Å². The van der Waals surface area contributed by atoms with Crippen molar-refractivity contribution >= 4 is 23.6 Å². The highest BCUT2D eigenvalue weighted by Crippen LogP contribution is 2.35. The van der Waals surface area contributed by atoms with Gasteiger partial charge in [-0.2, -0.15) is 0 Å². The number of rotatable bonds is 5. The molecule has 0 aromatic heterocycles. The van der Waals surface area contributed by atoms with Crippen LogP contribution in [0.5, 0.6) is 0 Å². The first kappa shape index (κ1) is 18.4. The van der Waals surface area contributed by atoms with Crippen molar-refractivity contribution in [2.45, 2.75) is 56.8 Å². The van der Waals surface area contributed by atoms with Crippen molar-refractivity contribution < 1.29 is 19.2 Å². The smallest absolute Gasteiger partial charge is 0.262 e. The van der Waals surface area contributed by atoms with Crippen LogP contribution >= 0.6 is 0 Å². The zero-order valence-corrected chi connectivity index (χ0v) is 16.1. The minimum absolute atomic E-state index is 0.120. The monoisotopic (exact) mass is 396 g/mol. The molecule has 0 spiro atoms. The van der Waals surface area contributed by atoms with Gasteiger partial charge in [0.15, 0.2) is 0 Å². The van der Waals surface area contributed by atoms with Gasteiger partial charge in [-0.15, -0.1) is 0 Å². The third-order valence-electron chi connectivity index (χ3n) is 6.73. The maximum atomic E-state index is 13.1. The van der Waals surface area contributed by atoms with E-state index in [-0.39, 0.29) is 18.7 Å². The van der Waals surface area contributed by atoms with Crippen molar-refractivity contribution in [1.82, 2.24) is 20.9 Å². The molecule has 8 nitrogen and oxygen atoms in total. The summed E-state index contributed by atoms with van der Waals surface area (Å²) in [6, 6.07) is 5.42. The lowest BCUT2D eigenvalue weighted by atomic mass is 9.99. The van der Waals surface area contributed by atoms with E-state index in [0.717, 1.165) is 22.9 Å². The third kappa shape index (κ3) is 3.07. The fourth-order valence-corrected chi connectivity index (χ4v) is 5.29. The largest absolute Gasteiger partial charge is 0.311 e. The van der Waals surface area contributed by atoms with Gasteiger partial charge in [-0.3, -0.25) is 29.4 Å². The Hall–Kier alpha value is -2.58. The average molecular weight is 396 g/mol. The molecule has 1 saturated carbocycles. The van der Waals surface area contributed by atoms with E-state index in [1.807, 2.05) is 6.07 Å². The lowest BCUT2D eigenvalue weighted by Crippen LogP contribution is -2.54. The standard InChI is InChI=1S/C21H24N4O4/c26-17-7-6-16(19(27)24-17)25-20(28)14-3-1-2-12(18(14)21(25)29)9-22-10-15-11-4-5-13(8-11)23-15/h1-3,11,13,15-16,22-23H,4-10H2,(H,24,26,27)/t11-,13+,15+,16?/m0/s1. The van der Waals surface area contributed by atoms with Crippen molar-refractivity contribution in [2.24, 2.45) is 5.92 Å². The highest BCUT2D eigenvalue weighted by molar-refractivity contribution is 6.24. The molecule has 3 heterocycles. The fraction of sp³-hybridized carbons (Fsp3) is 0.524. The number of piperidine rings is 2. The number of hydrogen-bond acceptors (Lipinski definition) is 6. The number of nitrogens with one attached hydrogen (secondary N) is 3. The second kappa shape index (κ2) is 7.03. The van der Waals surface area contributed by atoms with Gasteiger partial charge in [0.1, 0.15) is 6.04 Å². The van der Waals surface area contributed by atoms with E-state index in [1.54, 1.807) is 12.1 Å². The van der Waals surface area contributed by atoms with Crippen molar-refractivity contribution in [3.8, 4) is 0 Å². The number of amides is 4. The Bertz CT molecular complexity index is 914. The van der Waals surface area contributed by atoms with Crippen LogP contribution < -0.4 is 16.0 Å². The molecule has 3 fully saturated rings. The Morgan fingerprint density at radius 2 is 1.93 bits per heavy atom. The summed E-state index contributed by atoms with van der Waals surface area (Å²) in [6.45, 7) is 1.31. The van der Waals surface area contributed by atoms with Crippen LogP contribution in [0.2, 0.25) is 0 Å². The zero-order chi connectivity index (χ0) is 20.1. The number of nitrogens with zero attached hydrogens (tertiary/aromatic N) is 1. The number of hydrogen-bond donors (Lipinski definition) is 3. The molecule has 29 heavy (non-hydrogen) atoms. The van der Waals surface area contributed by atoms with Crippen LogP contribution in [0.1, 0.15) is 58.4 Å². The molecule has 1 unspecified atom stereocenters. The summed E-state index contributed by atoms with van der Waals surface area (Å²) in [4.78, 5) is 50.6. The van der Waals surface area contributed by atoms with Crippen LogP contribution in [0.4, 0.5) is 0 Å². The maximum Gasteiger partial charge on any atom is 0.262 e. The predicted octanol–water partition coefficient (Wildman–Crippen LogP) is 0.318. The minimum atomic E-state index is -0.931. The number of fused-ring (bicyclic) bond motifs is 3. The highest BCUT2D eigenvalue weighted by Gasteiger charge is 2.45. The zero-order valence-electron chi connectivity index (χ0n) is 16.1. The summed E-state index contributed by atoms with van der Waals surface area (Å²) in [6.07, 6.45) is 4.08. The summed E-state index contributed by atoms with van der Waals surface area (Å²) >= 11 is 0. The normalized spacial score (nSPS) is 30.8. The van der Waals surface area contributed by atoms with Gasteiger partial charge in [0.05, 0.1) is 11.1 Å². The van der Waals surface area contributed by atoms with E-state index in [4.69, 9.17) is 0 Å². The van der Waals surface area contributed by atoms with Crippen LogP contribution in [0.25, 0.3) is 0 Å². The van der Waals surface area contributed by atoms with E-state index >= 15 is 0 Å². The van der Waals surface area contributed by atoms with Crippen LogP contribution in [0.15, 0.2) is 18.2 Å². The molecule has 0 radical (unpaired) electrons. The van der Waals surface area contributed by atoms with Gasteiger partial charge in [-0.25, -0.2) is 0 Å². The molecule has 1 aromatic rings. The molecule has 152 valence electrons. The van der Waals surface area contributed by atoms with Crippen LogP contribution in [0, 0.1) is 5.92 Å². The second-order valence-corrected chi connectivity index (χ2v) is 8.46. The molecule has 1 aromatic carbocycles. The number of benzene rings is 1. The quantitative estimate of drug-likeness (QED) is 0.619. The Morgan fingerprint density at radius 3 is 2.66 bits per heavy atom. The second-order valence-electron chi connectivity index (χ2n) is 8.46. The van der Waals surface area contributed by atoms with Gasteiger partial charge < -0.3 is 10.6 Å². The van der Waals surface area contributed by atoms with Gasteiger partial charge in [0.25, 0.3) is 11.8 Å². The molecule has 1 aliphatic carbocycles. The van der Waals surface area contributed by atoms with Crippen LogP contribution in [-0.4, -0.2) is 53.2 Å². The van der Waals surface area contributed by atoms with E-state index < -0.39 is 23.8 Å². The Balaban J connectivity index is 1.31. The van der Waals surface area contributed by atoms with Crippen LogP contribution in [-0.2, 0) is 16.1 Å². The van der Waals surface area contributed by atoms with Crippen molar-refractivity contribution in [3.63, 3.8) is 0 Å². The summed E-state index contributed by atoms with van der Waals surface area (Å²) < 4.78 is 0. The molecule has 8 heteroatoms. The number of carbonyl (C=O) groups excluding carboxylic acids is 4. The summed E-state index contributed by atoms with van der Waals surface area (Å²) in [7, 11) is 0. The average Bonchev–Trinajstić information content (AvgIpc) is 3.38. The minimum Gasteiger partial charge on any atom is -0.311 e. The fourth-order valence-electron chi connectivity index (χ4n) is 5.29. The summed E-state index contributed by atoms with van der Waals surface area (Å²) in [5, 5.41) is 9.30. The van der Waals surface area contributed by atoms with Gasteiger partial charge in [0, 0.05) is 31.6 Å². The van der Waals surface area contributed by atoms with Crippen molar-refractivity contribution in [1.29, 1.82) is 0 Å². The topological polar surface area (TPSA) is 108 Å². The molecule has 4 atom stereocenters. The van der Waals surface area contributed by atoms with E-state index in [9.17, 15) is 19.2 Å². The third-order valence-corrected chi connectivity index (χ3v) is 6.73. The van der Waals surface area contributed by atoms with Crippen LogP contribution in [0.3, 0.4) is 0 Å². The first-order valence-corrected chi connectivity index (χ1v) is 10.3. The molecule has 5 rings (SSSR count). The predicted molar refractivity (Wildman–Crippen MR) is 103 cm³/mol. The van der Waals surface area contributed by atoms with Gasteiger partial charge >= 0.3 is 0 Å². The molecular formula is C21H24N4O4. The first-order valence-electron chi connectivity index (χ1n) is 10.3. The number of imide groups is 2. The first-order chi connectivity index (χ1) is 14.0. The van der Waals surface area contributed by atoms with Crippen molar-refractivity contribution in [2.75, 3.05) is 6.54 Å². The SMILES string of the molecule is O=C1CCC(N2C(=O)c3cccc(CNC[C@H]4N[C@@H]5CC[C@H]4C5)c3C2=O)C(=O)N1. The van der Waals surface area contributed by atoms with Gasteiger partial charge in [-0.05, 0) is 43.2 Å². The lowest BCUT2D eigenvalue weighted by molar-refractivity contribution is -0.136. The molecule has 3 aliphatic heterocycles. The molecule has 4 amide bonds. The Kier molecular flexibility index (Phi) is 4.48. The Labute approximate surface area is 168 Å². The van der Waals surface area contributed by atoms with Gasteiger partial charge in [0.2, 0.25) is 11.8 Å². The molecule has 3 N–H and O–H groups in total. The van der Waals surface area contributed by atoms with Crippen molar-refractivity contribution in [3.05, 3.63) is 34.9 Å². The lowest BCUT2D eigenvalue weighted by Gasteiger charge is -2.27. The van der Waals surface area contributed by atoms with E-state index in [0.29, 0.717) is 29.8 Å². The molecular weight excluding hydrogens is 372 g/mol. The maximum absolute atomic E-state index is 13.1.